The third-order valence-electron chi connectivity index (χ3n) is 5.91. The number of ether oxygens (including phenoxy) is 4. The SMILES string of the molecule is CCOCCn1c(=O)c(CN2CCOC(COCC)C2)cc2ccc(Oc3ccccc3)cc21. The maximum atomic E-state index is 13.6. The van der Waals surface area contributed by atoms with E-state index in [0.29, 0.717) is 51.9 Å². The van der Waals surface area contributed by atoms with Crippen LogP contribution < -0.4 is 10.3 Å². The zero-order chi connectivity index (χ0) is 23.8. The van der Waals surface area contributed by atoms with Gasteiger partial charge in [0.05, 0.1) is 31.4 Å². The van der Waals surface area contributed by atoms with E-state index in [-0.39, 0.29) is 11.7 Å². The number of benzene rings is 2. The van der Waals surface area contributed by atoms with Gasteiger partial charge in [-0.1, -0.05) is 18.2 Å². The lowest BCUT2D eigenvalue weighted by atomic mass is 10.1. The number of fused-ring (bicyclic) bond motifs is 1. The summed E-state index contributed by atoms with van der Waals surface area (Å²) in [4.78, 5) is 15.8. The molecule has 1 aromatic heterocycles. The third-order valence-corrected chi connectivity index (χ3v) is 5.91. The number of nitrogens with zero attached hydrogens (tertiary/aromatic N) is 2. The molecular formula is C27H34N2O5. The van der Waals surface area contributed by atoms with Crippen molar-refractivity contribution in [1.29, 1.82) is 0 Å². The molecule has 34 heavy (non-hydrogen) atoms. The van der Waals surface area contributed by atoms with Gasteiger partial charge in [0.1, 0.15) is 11.5 Å². The normalized spacial score (nSPS) is 16.7. The standard InChI is InChI=1S/C27H34N2O5/c1-3-31-14-13-29-26-17-24(34-23-8-6-5-7-9-23)11-10-21(26)16-22(27(29)30)18-28-12-15-33-25(19-28)20-32-4-2/h5-11,16-17,25H,3-4,12-15,18-20H2,1-2H3. The molecule has 7 nitrogen and oxygen atoms in total. The summed E-state index contributed by atoms with van der Waals surface area (Å²) in [6, 6.07) is 17.6. The van der Waals surface area contributed by atoms with E-state index in [1.165, 1.54) is 0 Å². The number of aromatic nitrogens is 1. The van der Waals surface area contributed by atoms with Crippen LogP contribution in [0.25, 0.3) is 10.9 Å². The van der Waals surface area contributed by atoms with Crippen LogP contribution in [0.4, 0.5) is 0 Å². The highest BCUT2D eigenvalue weighted by atomic mass is 16.5. The highest BCUT2D eigenvalue weighted by Crippen LogP contribution is 2.26. The molecule has 0 radical (unpaired) electrons. The Morgan fingerprint density at radius 2 is 1.82 bits per heavy atom. The van der Waals surface area contributed by atoms with Gasteiger partial charge in [0.2, 0.25) is 0 Å². The summed E-state index contributed by atoms with van der Waals surface area (Å²) < 4.78 is 24.8. The van der Waals surface area contributed by atoms with Crippen molar-refractivity contribution in [1.82, 2.24) is 9.47 Å². The van der Waals surface area contributed by atoms with E-state index in [9.17, 15) is 4.79 Å². The first-order chi connectivity index (χ1) is 16.7. The van der Waals surface area contributed by atoms with Crippen molar-refractivity contribution in [3.05, 3.63) is 70.5 Å². The molecule has 7 heteroatoms. The van der Waals surface area contributed by atoms with Gasteiger partial charge in [-0.15, -0.1) is 0 Å². The molecule has 1 unspecified atom stereocenters. The van der Waals surface area contributed by atoms with Crippen LogP contribution in [-0.4, -0.2) is 61.7 Å². The number of pyridine rings is 1. The fraction of sp³-hybridized carbons (Fsp3) is 0.444. The van der Waals surface area contributed by atoms with E-state index < -0.39 is 0 Å². The molecule has 2 heterocycles. The lowest BCUT2D eigenvalue weighted by molar-refractivity contribution is -0.0695. The molecule has 0 N–H and O–H groups in total. The molecule has 1 fully saturated rings. The minimum absolute atomic E-state index is 0.0110. The molecule has 1 aliphatic rings. The minimum Gasteiger partial charge on any atom is -0.457 e. The second-order valence-electron chi connectivity index (χ2n) is 8.35. The molecule has 0 aliphatic carbocycles. The van der Waals surface area contributed by atoms with Crippen LogP contribution in [0.5, 0.6) is 11.5 Å². The van der Waals surface area contributed by atoms with Crippen LogP contribution >= 0.6 is 0 Å². The van der Waals surface area contributed by atoms with Gasteiger partial charge in [0.15, 0.2) is 0 Å². The molecule has 4 rings (SSSR count). The minimum atomic E-state index is 0.0110. The summed E-state index contributed by atoms with van der Waals surface area (Å²) in [6.07, 6.45) is 0.0343. The second-order valence-corrected chi connectivity index (χ2v) is 8.35. The zero-order valence-corrected chi connectivity index (χ0v) is 20.1. The third kappa shape index (κ3) is 6.24. The monoisotopic (exact) mass is 466 g/mol. The molecule has 0 bridgehead atoms. The van der Waals surface area contributed by atoms with Crippen molar-refractivity contribution in [2.75, 3.05) is 46.1 Å². The molecular weight excluding hydrogens is 432 g/mol. The van der Waals surface area contributed by atoms with Crippen molar-refractivity contribution in [2.24, 2.45) is 0 Å². The summed E-state index contributed by atoms with van der Waals surface area (Å²) in [5.41, 5.74) is 1.63. The first-order valence-electron chi connectivity index (χ1n) is 12.1. The Balaban J connectivity index is 1.61. The Bertz CT molecular complexity index is 1120. The van der Waals surface area contributed by atoms with Gasteiger partial charge < -0.3 is 23.5 Å². The molecule has 1 atom stereocenters. The highest BCUT2D eigenvalue weighted by Gasteiger charge is 2.22. The summed E-state index contributed by atoms with van der Waals surface area (Å²) in [5.74, 6) is 1.46. The summed E-state index contributed by atoms with van der Waals surface area (Å²) in [5, 5.41) is 1.01. The van der Waals surface area contributed by atoms with E-state index in [1.54, 1.807) is 0 Å². The Kier molecular flexibility index (Phi) is 8.71. The van der Waals surface area contributed by atoms with Gasteiger partial charge in [-0.05, 0) is 49.6 Å². The topological polar surface area (TPSA) is 62.2 Å². The largest absolute Gasteiger partial charge is 0.457 e. The van der Waals surface area contributed by atoms with Crippen molar-refractivity contribution in [3.63, 3.8) is 0 Å². The van der Waals surface area contributed by atoms with E-state index in [0.717, 1.165) is 35.3 Å². The Morgan fingerprint density at radius 3 is 2.62 bits per heavy atom. The van der Waals surface area contributed by atoms with Crippen LogP contribution in [-0.2, 0) is 27.3 Å². The number of rotatable bonds is 11. The second kappa shape index (κ2) is 12.1. The van der Waals surface area contributed by atoms with Crippen LogP contribution in [0.1, 0.15) is 19.4 Å². The van der Waals surface area contributed by atoms with E-state index in [1.807, 2.05) is 73.0 Å². The average Bonchev–Trinajstić information content (AvgIpc) is 2.86. The number of hydrogen-bond donors (Lipinski definition) is 0. The molecule has 0 amide bonds. The van der Waals surface area contributed by atoms with Gasteiger partial charge in [-0.25, -0.2) is 0 Å². The molecule has 182 valence electrons. The van der Waals surface area contributed by atoms with E-state index >= 15 is 0 Å². The fourth-order valence-corrected chi connectivity index (χ4v) is 4.25. The van der Waals surface area contributed by atoms with Crippen molar-refractivity contribution < 1.29 is 18.9 Å². The molecule has 3 aromatic rings. The highest BCUT2D eigenvalue weighted by molar-refractivity contribution is 5.81. The fourth-order valence-electron chi connectivity index (χ4n) is 4.25. The van der Waals surface area contributed by atoms with Crippen LogP contribution in [0.3, 0.4) is 0 Å². The lowest BCUT2D eigenvalue weighted by Crippen LogP contribution is -2.45. The predicted octanol–water partition coefficient (Wildman–Crippen LogP) is 4.07. The van der Waals surface area contributed by atoms with Gasteiger partial charge >= 0.3 is 0 Å². The molecule has 0 spiro atoms. The van der Waals surface area contributed by atoms with Crippen LogP contribution in [0.15, 0.2) is 59.4 Å². The van der Waals surface area contributed by atoms with Gasteiger partial charge in [-0.2, -0.15) is 0 Å². The molecule has 1 aliphatic heterocycles. The van der Waals surface area contributed by atoms with E-state index in [4.69, 9.17) is 18.9 Å². The van der Waals surface area contributed by atoms with E-state index in [2.05, 4.69) is 4.90 Å². The van der Waals surface area contributed by atoms with Gasteiger partial charge in [0, 0.05) is 51.0 Å². The zero-order valence-electron chi connectivity index (χ0n) is 20.1. The number of morpholine rings is 1. The molecule has 2 aromatic carbocycles. The Labute approximate surface area is 200 Å². The summed E-state index contributed by atoms with van der Waals surface area (Å²) >= 11 is 0. The first-order valence-corrected chi connectivity index (χ1v) is 12.1. The molecule has 1 saturated heterocycles. The van der Waals surface area contributed by atoms with Crippen LogP contribution in [0, 0.1) is 0 Å². The summed E-state index contributed by atoms with van der Waals surface area (Å²) in [6.45, 7) is 9.54. The van der Waals surface area contributed by atoms with Crippen molar-refractivity contribution in [3.8, 4) is 11.5 Å². The molecule has 0 saturated carbocycles. The van der Waals surface area contributed by atoms with Crippen molar-refractivity contribution >= 4 is 10.9 Å². The van der Waals surface area contributed by atoms with Gasteiger partial charge in [0.25, 0.3) is 5.56 Å². The van der Waals surface area contributed by atoms with Crippen LogP contribution in [0.2, 0.25) is 0 Å². The first kappa shape index (κ1) is 24.4. The predicted molar refractivity (Wildman–Crippen MR) is 133 cm³/mol. The maximum Gasteiger partial charge on any atom is 0.255 e. The van der Waals surface area contributed by atoms with Gasteiger partial charge in [-0.3, -0.25) is 9.69 Å². The number of hydrogen-bond acceptors (Lipinski definition) is 6. The smallest absolute Gasteiger partial charge is 0.255 e. The Hall–Kier alpha value is -2.71. The Morgan fingerprint density at radius 1 is 1.00 bits per heavy atom. The maximum absolute atomic E-state index is 13.6. The lowest BCUT2D eigenvalue weighted by Gasteiger charge is -2.32. The summed E-state index contributed by atoms with van der Waals surface area (Å²) in [7, 11) is 0. The number of para-hydroxylation sites is 1. The quantitative estimate of drug-likeness (QED) is 0.397. The average molecular weight is 467 g/mol. The van der Waals surface area contributed by atoms with Crippen molar-refractivity contribution in [2.45, 2.75) is 33.0 Å².